The van der Waals surface area contributed by atoms with Gasteiger partial charge >= 0.3 is 0 Å². The third-order valence-electron chi connectivity index (χ3n) is 2.17. The molecule has 0 unspecified atom stereocenters. The number of hydrogen-bond acceptors (Lipinski definition) is 0. The van der Waals surface area contributed by atoms with Crippen molar-refractivity contribution < 1.29 is 0 Å². The quantitative estimate of drug-likeness (QED) is 0.596. The minimum Gasteiger partial charge on any atom is -0.0845 e. The van der Waals surface area contributed by atoms with E-state index in [0.717, 1.165) is 6.42 Å². The molecule has 0 N–H and O–H groups in total. The molecule has 0 heteroatoms. The van der Waals surface area contributed by atoms with E-state index < -0.39 is 0 Å². The fourth-order valence-electron chi connectivity index (χ4n) is 1.46. The van der Waals surface area contributed by atoms with Gasteiger partial charge in [0.2, 0.25) is 0 Å². The number of rotatable bonds is 5. The van der Waals surface area contributed by atoms with Crippen LogP contribution in [-0.2, 0) is 6.42 Å². The van der Waals surface area contributed by atoms with Crippen molar-refractivity contribution in [3.8, 4) is 0 Å². The van der Waals surface area contributed by atoms with Gasteiger partial charge in [-0.1, -0.05) is 42.5 Å². The van der Waals surface area contributed by atoms with Gasteiger partial charge in [0.1, 0.15) is 0 Å². The van der Waals surface area contributed by atoms with Crippen LogP contribution in [0.25, 0.3) is 0 Å². The Morgan fingerprint density at radius 1 is 1.31 bits per heavy atom. The number of hydrogen-bond donors (Lipinski definition) is 0. The molecule has 1 aromatic carbocycles. The zero-order chi connectivity index (χ0) is 9.52. The molecule has 0 nitrogen and oxygen atoms in total. The van der Waals surface area contributed by atoms with Crippen molar-refractivity contribution in [2.75, 3.05) is 0 Å². The molecule has 0 saturated heterocycles. The molecule has 13 heavy (non-hydrogen) atoms. The van der Waals surface area contributed by atoms with Gasteiger partial charge in [0.05, 0.1) is 0 Å². The summed E-state index contributed by atoms with van der Waals surface area (Å²) in [4.78, 5) is 0. The molecule has 69 valence electrons. The second-order valence-corrected chi connectivity index (χ2v) is 3.47. The Bertz CT molecular complexity index is 260. The van der Waals surface area contributed by atoms with Crippen LogP contribution in [0.1, 0.15) is 30.4 Å². The maximum Gasteiger partial charge on any atom is -0.0279 e. The lowest BCUT2D eigenvalue weighted by molar-refractivity contribution is 0.747. The fraction of sp³-hybridized carbons (Fsp3) is 0.385. The van der Waals surface area contributed by atoms with Crippen molar-refractivity contribution in [1.82, 2.24) is 0 Å². The molecule has 0 aromatic heterocycles. The van der Waals surface area contributed by atoms with Gasteiger partial charge in [0, 0.05) is 0 Å². The predicted octanol–water partition coefficient (Wildman–Crippen LogP) is 3.70. The zero-order valence-electron chi connectivity index (χ0n) is 8.29. The Morgan fingerprint density at radius 2 is 2.15 bits per heavy atom. The van der Waals surface area contributed by atoms with Gasteiger partial charge in [-0.2, -0.15) is 0 Å². The number of allylic oxidation sites excluding steroid dienone is 1. The first kappa shape index (κ1) is 10.0. The van der Waals surface area contributed by atoms with Gasteiger partial charge < -0.3 is 0 Å². The molecular formula is C13H17. The molecule has 0 aliphatic heterocycles. The van der Waals surface area contributed by atoms with Crippen LogP contribution in [0.4, 0.5) is 0 Å². The lowest BCUT2D eigenvalue weighted by atomic mass is 10.1. The van der Waals surface area contributed by atoms with Crippen molar-refractivity contribution in [1.29, 1.82) is 0 Å². The molecule has 0 aliphatic rings. The summed E-state index contributed by atoms with van der Waals surface area (Å²) in [5.74, 6) is 0. The molecule has 0 bridgehead atoms. The Labute approximate surface area is 81.3 Å². The average Bonchev–Trinajstić information content (AvgIpc) is 2.13. The summed E-state index contributed by atoms with van der Waals surface area (Å²) in [5.41, 5.74) is 2.79. The molecule has 0 saturated carbocycles. The standard InChI is InChI=1S/C13H17/c1-3-4-5-6-9-13-10-7-8-12(2)11-13/h1,3,7-8,10-11H,4-6,9H2,2H3. The van der Waals surface area contributed by atoms with E-state index in [1.165, 1.54) is 30.4 Å². The van der Waals surface area contributed by atoms with Crippen molar-refractivity contribution in [2.45, 2.75) is 32.6 Å². The van der Waals surface area contributed by atoms with Gasteiger partial charge in [-0.05, 0) is 38.2 Å². The summed E-state index contributed by atoms with van der Waals surface area (Å²) in [5, 5.41) is 0. The van der Waals surface area contributed by atoms with Crippen LogP contribution in [0.2, 0.25) is 0 Å². The lowest BCUT2D eigenvalue weighted by Crippen LogP contribution is -1.85. The van der Waals surface area contributed by atoms with E-state index in [2.05, 4.69) is 31.2 Å². The Kier molecular flexibility index (Phi) is 4.31. The molecule has 0 atom stereocenters. The number of benzene rings is 1. The number of aryl methyl sites for hydroxylation is 2. The smallest absolute Gasteiger partial charge is 0.0279 e. The minimum atomic E-state index is 1.03. The van der Waals surface area contributed by atoms with Crippen molar-refractivity contribution in [3.05, 3.63) is 48.0 Å². The highest BCUT2D eigenvalue weighted by Crippen LogP contribution is 2.08. The second kappa shape index (κ2) is 5.58. The SMILES string of the molecule is [CH]=CCCCCc1cccc(C)c1. The van der Waals surface area contributed by atoms with Gasteiger partial charge in [0.25, 0.3) is 0 Å². The van der Waals surface area contributed by atoms with E-state index in [-0.39, 0.29) is 0 Å². The van der Waals surface area contributed by atoms with Crippen LogP contribution in [0.3, 0.4) is 0 Å². The first-order valence-corrected chi connectivity index (χ1v) is 4.92. The molecule has 0 aliphatic carbocycles. The third-order valence-corrected chi connectivity index (χ3v) is 2.17. The van der Waals surface area contributed by atoms with Crippen LogP contribution in [-0.4, -0.2) is 0 Å². The van der Waals surface area contributed by atoms with E-state index in [1.807, 2.05) is 0 Å². The summed E-state index contributed by atoms with van der Waals surface area (Å²) in [6.07, 6.45) is 6.39. The van der Waals surface area contributed by atoms with E-state index in [9.17, 15) is 0 Å². The first-order chi connectivity index (χ1) is 6.33. The molecule has 0 amide bonds. The van der Waals surface area contributed by atoms with Crippen molar-refractivity contribution >= 4 is 0 Å². The number of unbranched alkanes of at least 4 members (excludes halogenated alkanes) is 2. The van der Waals surface area contributed by atoms with Crippen molar-refractivity contribution in [3.63, 3.8) is 0 Å². The first-order valence-electron chi connectivity index (χ1n) is 4.92. The molecule has 1 radical (unpaired) electrons. The largest absolute Gasteiger partial charge is 0.0845 e. The van der Waals surface area contributed by atoms with E-state index in [4.69, 9.17) is 6.58 Å². The van der Waals surface area contributed by atoms with Gasteiger partial charge in [-0.15, -0.1) is 0 Å². The molecule has 0 heterocycles. The van der Waals surface area contributed by atoms with Gasteiger partial charge in [0.15, 0.2) is 0 Å². The topological polar surface area (TPSA) is 0 Å². The fourth-order valence-corrected chi connectivity index (χ4v) is 1.46. The highest BCUT2D eigenvalue weighted by Gasteiger charge is 1.92. The molecule has 1 rings (SSSR count). The lowest BCUT2D eigenvalue weighted by Gasteiger charge is -2.01. The van der Waals surface area contributed by atoms with Crippen LogP contribution < -0.4 is 0 Å². The molecule has 0 fully saturated rings. The maximum atomic E-state index is 5.31. The van der Waals surface area contributed by atoms with Crippen LogP contribution in [0.5, 0.6) is 0 Å². The van der Waals surface area contributed by atoms with Gasteiger partial charge in [-0.3, -0.25) is 0 Å². The maximum absolute atomic E-state index is 5.31. The summed E-state index contributed by atoms with van der Waals surface area (Å²) in [7, 11) is 0. The van der Waals surface area contributed by atoms with Crippen LogP contribution >= 0.6 is 0 Å². The van der Waals surface area contributed by atoms with Gasteiger partial charge in [-0.25, -0.2) is 0 Å². The Hall–Kier alpha value is -1.04. The predicted molar refractivity (Wildman–Crippen MR) is 57.6 cm³/mol. The summed E-state index contributed by atoms with van der Waals surface area (Å²) < 4.78 is 0. The molecule has 1 aromatic rings. The summed E-state index contributed by atoms with van der Waals surface area (Å²) in [6, 6.07) is 8.71. The van der Waals surface area contributed by atoms with Crippen LogP contribution in [0, 0.1) is 13.5 Å². The Balaban J connectivity index is 2.32. The van der Waals surface area contributed by atoms with Crippen molar-refractivity contribution in [2.24, 2.45) is 0 Å². The normalized spacial score (nSPS) is 9.92. The third kappa shape index (κ3) is 3.93. The molecular weight excluding hydrogens is 156 g/mol. The summed E-state index contributed by atoms with van der Waals surface area (Å²) >= 11 is 0. The highest BCUT2D eigenvalue weighted by molar-refractivity contribution is 5.22. The zero-order valence-corrected chi connectivity index (χ0v) is 8.29. The monoisotopic (exact) mass is 173 g/mol. The van der Waals surface area contributed by atoms with E-state index >= 15 is 0 Å². The Morgan fingerprint density at radius 3 is 2.85 bits per heavy atom. The average molecular weight is 173 g/mol. The second-order valence-electron chi connectivity index (χ2n) is 3.47. The van der Waals surface area contributed by atoms with E-state index in [1.54, 1.807) is 6.08 Å². The highest BCUT2D eigenvalue weighted by atomic mass is 14.0. The van der Waals surface area contributed by atoms with Crippen LogP contribution in [0.15, 0.2) is 30.3 Å². The minimum absolute atomic E-state index is 1.03. The van der Waals surface area contributed by atoms with E-state index in [0.29, 0.717) is 0 Å². The molecule has 0 spiro atoms. The summed E-state index contributed by atoms with van der Waals surface area (Å²) in [6.45, 7) is 7.44.